The Hall–Kier alpha value is -6.38. The summed E-state index contributed by atoms with van der Waals surface area (Å²) in [6.07, 6.45) is 4.93. The highest BCUT2D eigenvalue weighted by Gasteiger charge is 2.23. The van der Waals surface area contributed by atoms with Gasteiger partial charge in [-0.25, -0.2) is 9.59 Å². The molecule has 4 N–H and O–H groups in total. The van der Waals surface area contributed by atoms with Crippen molar-refractivity contribution in [1.82, 2.24) is 0 Å². The molecule has 266 valence electrons. The largest absolute Gasteiger partial charge is 0.379 e. The Bertz CT molecular complexity index is 2150. The number of allylic oxidation sites excluding steroid dienone is 2. The Balaban J connectivity index is 1.21. The molecule has 5 aromatic carbocycles. The summed E-state index contributed by atoms with van der Waals surface area (Å²) in [5, 5.41) is 10.6. The molecule has 0 aliphatic carbocycles. The molecule has 4 amide bonds. The van der Waals surface area contributed by atoms with E-state index in [0.29, 0.717) is 24.2 Å². The summed E-state index contributed by atoms with van der Waals surface area (Å²) >= 11 is 0. The number of hydrogen-bond acceptors (Lipinski definition) is 8. The van der Waals surface area contributed by atoms with E-state index in [4.69, 9.17) is 8.37 Å². The summed E-state index contributed by atoms with van der Waals surface area (Å²) in [6, 6.07) is 29.1. The van der Waals surface area contributed by atoms with Crippen LogP contribution in [0.5, 0.6) is 11.5 Å². The summed E-state index contributed by atoms with van der Waals surface area (Å²) in [4.78, 5) is 24.2. The summed E-state index contributed by atoms with van der Waals surface area (Å²) in [7, 11) is -9.07. The average Bonchev–Trinajstić information content (AvgIpc) is 3.10. The molecule has 0 saturated heterocycles. The molecule has 0 spiro atoms. The lowest BCUT2D eigenvalue weighted by molar-refractivity contribution is 0.261. The van der Waals surface area contributed by atoms with Crippen LogP contribution in [-0.2, 0) is 33.1 Å². The van der Waals surface area contributed by atoms with Gasteiger partial charge in [-0.05, 0) is 90.7 Å². The molecule has 0 fully saturated rings. The minimum Gasteiger partial charge on any atom is -0.379 e. The molecule has 12 nitrogen and oxygen atoms in total. The Morgan fingerprint density at radius 3 is 1.25 bits per heavy atom. The second-order valence-electron chi connectivity index (χ2n) is 11.1. The maximum absolute atomic E-state index is 13.2. The fourth-order valence-electron chi connectivity index (χ4n) is 4.75. The molecule has 0 aliphatic rings. The Kier molecular flexibility index (Phi) is 11.7. The highest BCUT2D eigenvalue weighted by molar-refractivity contribution is 7.88. The fourth-order valence-corrected chi connectivity index (χ4v) is 6.77. The average molecular weight is 739 g/mol. The van der Waals surface area contributed by atoms with Crippen LogP contribution in [0.3, 0.4) is 0 Å². The van der Waals surface area contributed by atoms with Crippen molar-refractivity contribution in [1.29, 1.82) is 0 Å². The van der Waals surface area contributed by atoms with E-state index in [-0.39, 0.29) is 22.9 Å². The van der Waals surface area contributed by atoms with E-state index >= 15 is 0 Å². The van der Waals surface area contributed by atoms with Crippen LogP contribution in [0.1, 0.15) is 11.1 Å². The summed E-state index contributed by atoms with van der Waals surface area (Å²) in [6.45, 7) is 7.40. The van der Waals surface area contributed by atoms with Gasteiger partial charge in [0, 0.05) is 34.9 Å². The van der Waals surface area contributed by atoms with Crippen LogP contribution in [0, 0.1) is 0 Å². The maximum atomic E-state index is 13.2. The third-order valence-electron chi connectivity index (χ3n) is 7.16. The van der Waals surface area contributed by atoms with E-state index < -0.39 is 42.1 Å². The topological polar surface area (TPSA) is 169 Å². The summed E-state index contributed by atoms with van der Waals surface area (Å²) in [5.74, 6) is -0.261. The number of benzene rings is 5. The normalized spacial score (nSPS) is 11.1. The number of amides is 4. The van der Waals surface area contributed by atoms with E-state index in [1.165, 1.54) is 66.7 Å². The third-order valence-corrected chi connectivity index (χ3v) is 9.65. The van der Waals surface area contributed by atoms with Crippen molar-refractivity contribution in [3.05, 3.63) is 158 Å². The zero-order valence-electron chi connectivity index (χ0n) is 27.6. The van der Waals surface area contributed by atoms with Crippen molar-refractivity contribution in [2.75, 3.05) is 21.3 Å². The molecule has 5 aromatic rings. The zero-order valence-corrected chi connectivity index (χ0v) is 29.2. The second-order valence-corrected chi connectivity index (χ2v) is 14.2. The predicted molar refractivity (Wildman–Crippen MR) is 201 cm³/mol. The second kappa shape index (κ2) is 16.6. The van der Waals surface area contributed by atoms with E-state index in [0.717, 1.165) is 17.2 Å². The van der Waals surface area contributed by atoms with Crippen molar-refractivity contribution in [3.63, 3.8) is 0 Å². The lowest BCUT2D eigenvalue weighted by Gasteiger charge is -2.12. The van der Waals surface area contributed by atoms with Crippen LogP contribution in [-0.4, -0.2) is 28.9 Å². The summed E-state index contributed by atoms with van der Waals surface area (Å²) in [5.41, 5.74) is 3.65. The fraction of sp³-hybridized carbons (Fsp3) is 0.0526. The van der Waals surface area contributed by atoms with Crippen molar-refractivity contribution in [2.24, 2.45) is 0 Å². The van der Waals surface area contributed by atoms with Gasteiger partial charge in [-0.2, -0.15) is 16.8 Å². The van der Waals surface area contributed by atoms with Crippen molar-refractivity contribution in [3.8, 4) is 11.5 Å². The predicted octanol–water partition coefficient (Wildman–Crippen LogP) is 7.97. The van der Waals surface area contributed by atoms with Gasteiger partial charge in [0.05, 0.1) is 0 Å². The first kappa shape index (κ1) is 36.9. The molecule has 0 radical (unpaired) electrons. The first-order valence-electron chi connectivity index (χ1n) is 15.7. The van der Waals surface area contributed by atoms with Gasteiger partial charge in [0.2, 0.25) is 0 Å². The monoisotopic (exact) mass is 738 g/mol. The Labute approximate surface area is 302 Å². The highest BCUT2D eigenvalue weighted by Crippen LogP contribution is 2.26. The van der Waals surface area contributed by atoms with Crippen molar-refractivity contribution in [2.45, 2.75) is 22.6 Å². The molecule has 0 saturated carbocycles. The third kappa shape index (κ3) is 10.3. The van der Waals surface area contributed by atoms with Gasteiger partial charge in [-0.3, -0.25) is 0 Å². The number of hydrogen-bond donors (Lipinski definition) is 4. The molecule has 0 unspecified atom stereocenters. The number of carbonyl (C=O) groups is 2. The molecule has 0 aliphatic heterocycles. The van der Waals surface area contributed by atoms with Gasteiger partial charge in [0.25, 0.3) is 0 Å². The van der Waals surface area contributed by atoms with Crippen LogP contribution in [0.15, 0.2) is 156 Å². The molecular weight excluding hydrogens is 705 g/mol. The Morgan fingerprint density at radius 2 is 0.865 bits per heavy atom. The van der Waals surface area contributed by atoms with E-state index in [1.54, 1.807) is 36.4 Å². The lowest BCUT2D eigenvalue weighted by atomic mass is 10.1. The quantitative estimate of drug-likeness (QED) is 0.0657. The van der Waals surface area contributed by atoms with Crippen LogP contribution in [0.25, 0.3) is 0 Å². The van der Waals surface area contributed by atoms with Gasteiger partial charge >= 0.3 is 32.3 Å². The zero-order chi connectivity index (χ0) is 37.1. The molecule has 0 heterocycles. The van der Waals surface area contributed by atoms with E-state index in [2.05, 4.69) is 34.4 Å². The minimum absolute atomic E-state index is 0.130. The molecule has 5 rings (SSSR count). The molecular formula is C38H34N4O8S2. The number of carbonyl (C=O) groups excluding carboxylic acids is 2. The number of rotatable bonds is 14. The lowest BCUT2D eigenvalue weighted by Crippen LogP contribution is -2.19. The van der Waals surface area contributed by atoms with Gasteiger partial charge in [-0.1, -0.05) is 54.6 Å². The van der Waals surface area contributed by atoms with Crippen molar-refractivity contribution >= 4 is 55.0 Å². The van der Waals surface area contributed by atoms with Gasteiger partial charge in [0.15, 0.2) is 0 Å². The smallest absolute Gasteiger partial charge is 0.339 e. The SMILES string of the molecule is C=CCc1ccc(NC(=O)Nc2cccc(OS(=O)(=O)c3cccc(S(=O)(=O)Oc4cccc(NC(=O)Nc5ccc(CC=C)cc5)c4)c3)c2)cc1. The highest BCUT2D eigenvalue weighted by atomic mass is 32.2. The molecule has 0 atom stereocenters. The van der Waals surface area contributed by atoms with Crippen LogP contribution >= 0.6 is 0 Å². The summed E-state index contributed by atoms with van der Waals surface area (Å²) < 4.78 is 63.3. The standard InChI is InChI=1S/C38H34N4O8S2/c1-3-8-27-16-20-29(21-17-27)39-37(43)41-31-10-5-12-33(24-31)49-51(45,46)35-14-7-15-36(26-35)52(47,48)50-34-13-6-11-32(25-34)42-38(44)40-30-22-18-28(9-4-2)19-23-30/h3-7,10-26H,1-2,8-9H2,(H2,39,41,43)(H2,40,42,44). The molecule has 52 heavy (non-hydrogen) atoms. The van der Waals surface area contributed by atoms with Gasteiger partial charge < -0.3 is 29.6 Å². The molecule has 0 bridgehead atoms. The van der Waals surface area contributed by atoms with Crippen molar-refractivity contribution < 1.29 is 34.8 Å². The minimum atomic E-state index is -4.54. The van der Waals surface area contributed by atoms with E-state index in [9.17, 15) is 26.4 Å². The molecule has 0 aromatic heterocycles. The first-order valence-corrected chi connectivity index (χ1v) is 18.5. The first-order chi connectivity index (χ1) is 24.9. The van der Waals surface area contributed by atoms with Crippen LogP contribution < -0.4 is 29.6 Å². The van der Waals surface area contributed by atoms with E-state index in [1.807, 2.05) is 24.3 Å². The van der Waals surface area contributed by atoms with Gasteiger partial charge in [0.1, 0.15) is 21.3 Å². The molecule has 14 heteroatoms. The number of nitrogens with one attached hydrogen (secondary N) is 4. The maximum Gasteiger partial charge on any atom is 0.339 e. The number of urea groups is 2. The van der Waals surface area contributed by atoms with Gasteiger partial charge in [-0.15, -0.1) is 13.2 Å². The Morgan fingerprint density at radius 1 is 0.500 bits per heavy atom. The van der Waals surface area contributed by atoms with Crippen LogP contribution in [0.2, 0.25) is 0 Å². The van der Waals surface area contributed by atoms with Crippen LogP contribution in [0.4, 0.5) is 32.3 Å². The number of anilines is 4.